The van der Waals surface area contributed by atoms with Crippen LogP contribution in [0, 0.1) is 10.1 Å². The Kier molecular flexibility index (Phi) is 8.25. The zero-order chi connectivity index (χ0) is 22.4. The van der Waals surface area contributed by atoms with E-state index in [9.17, 15) is 18.5 Å². The number of hydrogen-bond acceptors (Lipinski definition) is 7. The Hall–Kier alpha value is -1.76. The minimum atomic E-state index is -3.92. The largest absolute Gasteiger partial charge is 0.369 e. The molecule has 2 aromatic rings. The van der Waals surface area contributed by atoms with Gasteiger partial charge in [0.2, 0.25) is 10.0 Å². The molecule has 0 unspecified atom stereocenters. The predicted molar refractivity (Wildman–Crippen MR) is 128 cm³/mol. The molecule has 0 amide bonds. The van der Waals surface area contributed by atoms with Crippen LogP contribution in [-0.4, -0.2) is 72.6 Å². The van der Waals surface area contributed by atoms with Crippen LogP contribution in [0.2, 0.25) is 0 Å². The SMILES string of the molecule is O=[N+]([O-])c1ccc(N(CCBr)CCBr)c(S(=O)(=O)N2CCN(c3ccncc3)CC2)c1. The highest BCUT2D eigenvalue weighted by atomic mass is 79.9. The van der Waals surface area contributed by atoms with E-state index in [-0.39, 0.29) is 10.6 Å². The van der Waals surface area contributed by atoms with E-state index in [0.717, 1.165) is 5.69 Å². The van der Waals surface area contributed by atoms with Crippen molar-refractivity contribution in [2.75, 3.05) is 59.7 Å². The summed E-state index contributed by atoms with van der Waals surface area (Å²) in [7, 11) is -3.92. The average Bonchev–Trinajstić information content (AvgIpc) is 2.79. The molecule has 31 heavy (non-hydrogen) atoms. The van der Waals surface area contributed by atoms with Crippen molar-refractivity contribution in [3.05, 3.63) is 52.8 Å². The zero-order valence-electron chi connectivity index (χ0n) is 16.7. The van der Waals surface area contributed by atoms with Crippen molar-refractivity contribution in [3.63, 3.8) is 0 Å². The number of pyridine rings is 1. The normalized spacial score (nSPS) is 15.1. The fourth-order valence-corrected chi connectivity index (χ4v) is 6.03. The second-order valence-corrected chi connectivity index (χ2v) is 10.4. The highest BCUT2D eigenvalue weighted by molar-refractivity contribution is 9.09. The van der Waals surface area contributed by atoms with E-state index in [2.05, 4.69) is 41.7 Å². The molecular weight excluding hydrogens is 554 g/mol. The molecule has 0 N–H and O–H groups in total. The number of anilines is 2. The lowest BCUT2D eigenvalue weighted by molar-refractivity contribution is -0.385. The van der Waals surface area contributed by atoms with E-state index < -0.39 is 14.9 Å². The zero-order valence-corrected chi connectivity index (χ0v) is 20.7. The van der Waals surface area contributed by atoms with E-state index in [1.807, 2.05) is 17.0 Å². The first-order chi connectivity index (χ1) is 14.9. The summed E-state index contributed by atoms with van der Waals surface area (Å²) < 4.78 is 28.5. The third-order valence-corrected chi connectivity index (χ3v) is 7.73. The summed E-state index contributed by atoms with van der Waals surface area (Å²) in [5.41, 5.74) is 1.22. The molecular formula is C19H23Br2N5O4S. The molecule has 1 aliphatic rings. The number of hydrogen-bond donors (Lipinski definition) is 0. The molecule has 168 valence electrons. The summed E-state index contributed by atoms with van der Waals surface area (Å²) in [5, 5.41) is 12.6. The number of piperazine rings is 1. The summed E-state index contributed by atoms with van der Waals surface area (Å²) in [6.07, 6.45) is 3.41. The van der Waals surface area contributed by atoms with Crippen LogP contribution in [0.15, 0.2) is 47.6 Å². The molecule has 3 rings (SSSR count). The van der Waals surface area contributed by atoms with Gasteiger partial charge in [0.05, 0.1) is 10.6 Å². The smallest absolute Gasteiger partial charge is 0.270 e. The second-order valence-electron chi connectivity index (χ2n) is 6.87. The van der Waals surface area contributed by atoms with Gasteiger partial charge in [-0.15, -0.1) is 0 Å². The lowest BCUT2D eigenvalue weighted by Gasteiger charge is -2.36. The number of benzene rings is 1. The molecule has 0 bridgehead atoms. The quantitative estimate of drug-likeness (QED) is 0.257. The Bertz CT molecular complexity index is 996. The van der Waals surface area contributed by atoms with Crippen LogP contribution in [0.1, 0.15) is 0 Å². The molecule has 0 atom stereocenters. The molecule has 2 heterocycles. The first kappa shape index (κ1) is 23.9. The van der Waals surface area contributed by atoms with Gasteiger partial charge >= 0.3 is 0 Å². The Morgan fingerprint density at radius 1 is 1.03 bits per heavy atom. The third kappa shape index (κ3) is 5.54. The molecule has 0 radical (unpaired) electrons. The Labute approximate surface area is 198 Å². The van der Waals surface area contributed by atoms with Crippen LogP contribution in [-0.2, 0) is 10.0 Å². The van der Waals surface area contributed by atoms with Gasteiger partial charge in [-0.2, -0.15) is 4.31 Å². The van der Waals surface area contributed by atoms with Gasteiger partial charge < -0.3 is 9.80 Å². The molecule has 1 aromatic carbocycles. The van der Waals surface area contributed by atoms with Crippen molar-refractivity contribution >= 4 is 58.9 Å². The lowest BCUT2D eigenvalue weighted by atomic mass is 10.2. The molecule has 0 saturated carbocycles. The standard InChI is InChI=1S/C19H23Br2N5O4S/c20-5-9-24(10-6-21)18-2-1-17(26(27)28)15-19(18)31(29,30)25-13-11-23(12-14-25)16-3-7-22-8-4-16/h1-4,7-8,15H,5-6,9-14H2. The van der Waals surface area contributed by atoms with Gasteiger partial charge in [-0.3, -0.25) is 15.1 Å². The number of non-ortho nitro benzene ring substituents is 1. The van der Waals surface area contributed by atoms with E-state index in [1.54, 1.807) is 12.4 Å². The molecule has 1 saturated heterocycles. The first-order valence-electron chi connectivity index (χ1n) is 9.69. The van der Waals surface area contributed by atoms with Crippen molar-refractivity contribution in [1.82, 2.24) is 9.29 Å². The van der Waals surface area contributed by atoms with Crippen LogP contribution in [0.5, 0.6) is 0 Å². The van der Waals surface area contributed by atoms with E-state index >= 15 is 0 Å². The van der Waals surface area contributed by atoms with Crippen LogP contribution >= 0.6 is 31.9 Å². The van der Waals surface area contributed by atoms with Crippen molar-refractivity contribution in [2.45, 2.75) is 4.90 Å². The first-order valence-corrected chi connectivity index (χ1v) is 13.4. The van der Waals surface area contributed by atoms with E-state index in [1.165, 1.54) is 22.5 Å². The number of rotatable bonds is 9. The second kappa shape index (κ2) is 10.7. The van der Waals surface area contributed by atoms with Gasteiger partial charge in [-0.1, -0.05) is 31.9 Å². The van der Waals surface area contributed by atoms with Gasteiger partial charge in [0, 0.05) is 80.1 Å². The Morgan fingerprint density at radius 2 is 1.65 bits per heavy atom. The Balaban J connectivity index is 1.92. The van der Waals surface area contributed by atoms with Crippen LogP contribution in [0.4, 0.5) is 17.1 Å². The van der Waals surface area contributed by atoms with Crippen molar-refractivity contribution in [3.8, 4) is 0 Å². The third-order valence-electron chi connectivity index (χ3n) is 5.09. The Morgan fingerprint density at radius 3 is 2.19 bits per heavy atom. The summed E-state index contributed by atoms with van der Waals surface area (Å²) >= 11 is 6.80. The topological polar surface area (TPSA) is 99.9 Å². The number of halogens is 2. The summed E-state index contributed by atoms with van der Waals surface area (Å²) in [5.74, 6) is 0. The molecule has 1 aromatic heterocycles. The van der Waals surface area contributed by atoms with Gasteiger partial charge in [0.15, 0.2) is 0 Å². The fraction of sp³-hybridized carbons (Fsp3) is 0.421. The van der Waals surface area contributed by atoms with Gasteiger partial charge in [0.25, 0.3) is 5.69 Å². The maximum absolute atomic E-state index is 13.6. The minimum absolute atomic E-state index is 0.0269. The van der Waals surface area contributed by atoms with Crippen molar-refractivity contribution in [2.24, 2.45) is 0 Å². The summed E-state index contributed by atoms with van der Waals surface area (Å²) in [4.78, 5) is 18.8. The molecule has 9 nitrogen and oxygen atoms in total. The van der Waals surface area contributed by atoms with E-state index in [4.69, 9.17) is 0 Å². The number of sulfonamides is 1. The number of aromatic nitrogens is 1. The molecule has 0 aliphatic carbocycles. The van der Waals surface area contributed by atoms with Crippen LogP contribution in [0.25, 0.3) is 0 Å². The lowest BCUT2D eigenvalue weighted by Crippen LogP contribution is -2.49. The maximum Gasteiger partial charge on any atom is 0.270 e. The molecule has 1 aliphatic heterocycles. The monoisotopic (exact) mass is 575 g/mol. The van der Waals surface area contributed by atoms with Gasteiger partial charge in [-0.05, 0) is 18.2 Å². The average molecular weight is 577 g/mol. The highest BCUT2D eigenvalue weighted by Gasteiger charge is 2.33. The van der Waals surface area contributed by atoms with Gasteiger partial charge in [-0.25, -0.2) is 8.42 Å². The van der Waals surface area contributed by atoms with E-state index in [0.29, 0.717) is 55.6 Å². The molecule has 1 fully saturated rings. The van der Waals surface area contributed by atoms with Crippen molar-refractivity contribution < 1.29 is 13.3 Å². The number of alkyl halides is 2. The van der Waals surface area contributed by atoms with Crippen molar-refractivity contribution in [1.29, 1.82) is 0 Å². The number of nitro groups is 1. The number of nitrogens with zero attached hydrogens (tertiary/aromatic N) is 5. The molecule has 12 heteroatoms. The predicted octanol–water partition coefficient (Wildman–Crippen LogP) is 3.10. The maximum atomic E-state index is 13.6. The van der Waals surface area contributed by atoms with Gasteiger partial charge in [0.1, 0.15) is 4.90 Å². The number of nitro benzene ring substituents is 1. The minimum Gasteiger partial charge on any atom is -0.369 e. The van der Waals surface area contributed by atoms with Crippen LogP contribution < -0.4 is 9.80 Å². The summed E-state index contributed by atoms with van der Waals surface area (Å²) in [6, 6.07) is 7.84. The highest BCUT2D eigenvalue weighted by Crippen LogP contribution is 2.32. The van der Waals surface area contributed by atoms with Crippen LogP contribution in [0.3, 0.4) is 0 Å². The fourth-order valence-electron chi connectivity index (χ4n) is 3.52. The summed E-state index contributed by atoms with van der Waals surface area (Å²) in [6.45, 7) is 2.79. The molecule has 0 spiro atoms.